The van der Waals surface area contributed by atoms with E-state index in [0.717, 1.165) is 18.4 Å². The van der Waals surface area contributed by atoms with Crippen molar-refractivity contribution in [3.63, 3.8) is 0 Å². The van der Waals surface area contributed by atoms with Crippen molar-refractivity contribution in [2.75, 3.05) is 19.1 Å². The maximum atomic E-state index is 13.1. The van der Waals surface area contributed by atoms with Gasteiger partial charge in [-0.1, -0.05) is 72.8 Å². The summed E-state index contributed by atoms with van der Waals surface area (Å²) in [5, 5.41) is 10.1. The van der Waals surface area contributed by atoms with Crippen LogP contribution in [0.1, 0.15) is 22.6 Å². The van der Waals surface area contributed by atoms with E-state index in [1.165, 1.54) is 24.7 Å². The lowest BCUT2D eigenvalue weighted by atomic mass is 9.81. The van der Waals surface area contributed by atoms with Crippen molar-refractivity contribution in [2.24, 2.45) is 5.73 Å². The van der Waals surface area contributed by atoms with E-state index in [2.05, 4.69) is 18.2 Å². The predicted molar refractivity (Wildman–Crippen MR) is 140 cm³/mol. The summed E-state index contributed by atoms with van der Waals surface area (Å²) in [5.74, 6) is -2.37. The smallest absolute Gasteiger partial charge is 0.355 e. The van der Waals surface area contributed by atoms with E-state index in [9.17, 15) is 14.9 Å². The fourth-order valence-electron chi connectivity index (χ4n) is 4.53. The van der Waals surface area contributed by atoms with Crippen molar-refractivity contribution in [3.8, 4) is 6.07 Å². The van der Waals surface area contributed by atoms with Gasteiger partial charge < -0.3 is 15.2 Å². The van der Waals surface area contributed by atoms with Gasteiger partial charge in [-0.2, -0.15) is 5.26 Å². The first-order valence-electron chi connectivity index (χ1n) is 11.8. The number of aryl methyl sites for hydroxylation is 2. The van der Waals surface area contributed by atoms with Crippen LogP contribution in [-0.4, -0.2) is 26.2 Å². The second-order valence-electron chi connectivity index (χ2n) is 8.49. The molecular weight excluding hydrogens is 466 g/mol. The molecule has 3 aromatic rings. The summed E-state index contributed by atoms with van der Waals surface area (Å²) in [6.45, 7) is 0. The lowest BCUT2D eigenvalue weighted by molar-refractivity contribution is -0.139. The minimum Gasteiger partial charge on any atom is -0.466 e. The monoisotopic (exact) mass is 493 g/mol. The van der Waals surface area contributed by atoms with Crippen LogP contribution in [0.4, 0.5) is 5.69 Å². The van der Waals surface area contributed by atoms with E-state index in [1.54, 1.807) is 24.3 Å². The van der Waals surface area contributed by atoms with Gasteiger partial charge in [0.25, 0.3) is 0 Å². The zero-order valence-corrected chi connectivity index (χ0v) is 20.7. The number of ether oxygens (including phenoxy) is 2. The average molecular weight is 494 g/mol. The van der Waals surface area contributed by atoms with Crippen LogP contribution in [0.15, 0.2) is 108 Å². The highest BCUT2D eigenvalue weighted by Crippen LogP contribution is 2.43. The van der Waals surface area contributed by atoms with Gasteiger partial charge in [0.2, 0.25) is 0 Å². The standard InChI is InChI=1S/C30H27N3O4/c1-36-29(34)26-25(22-11-7-4-8-12-22)24(19-31)28(32)33(27(26)30(35)37-2)23-17-15-21(16-18-23)14-13-20-9-5-3-6-10-20/h3-12,15-18,25H,13-14,32H2,1-2H3. The maximum absolute atomic E-state index is 13.1. The molecule has 37 heavy (non-hydrogen) atoms. The quantitative estimate of drug-likeness (QED) is 0.487. The highest BCUT2D eigenvalue weighted by Gasteiger charge is 2.42. The summed E-state index contributed by atoms with van der Waals surface area (Å²) in [4.78, 5) is 27.6. The zero-order chi connectivity index (χ0) is 26.4. The summed E-state index contributed by atoms with van der Waals surface area (Å²) in [7, 11) is 2.46. The number of nitriles is 1. The molecule has 1 unspecified atom stereocenters. The molecule has 1 aliphatic heterocycles. The molecule has 0 aromatic heterocycles. The number of carbonyl (C=O) groups is 2. The molecule has 0 spiro atoms. The van der Waals surface area contributed by atoms with Crippen LogP contribution in [0.3, 0.4) is 0 Å². The van der Waals surface area contributed by atoms with Crippen LogP contribution in [0.5, 0.6) is 0 Å². The van der Waals surface area contributed by atoms with E-state index in [1.807, 2.05) is 48.5 Å². The Hall–Kier alpha value is -4.83. The fraction of sp³-hybridized carbons (Fsp3) is 0.167. The van der Waals surface area contributed by atoms with E-state index in [4.69, 9.17) is 15.2 Å². The average Bonchev–Trinajstić information content (AvgIpc) is 2.95. The topological polar surface area (TPSA) is 106 Å². The Kier molecular flexibility index (Phi) is 7.70. The third kappa shape index (κ3) is 5.09. The van der Waals surface area contributed by atoms with Crippen LogP contribution in [-0.2, 0) is 31.9 Å². The second-order valence-corrected chi connectivity index (χ2v) is 8.49. The Morgan fingerprint density at radius 1 is 0.838 bits per heavy atom. The van der Waals surface area contributed by atoms with Crippen LogP contribution >= 0.6 is 0 Å². The summed E-state index contributed by atoms with van der Waals surface area (Å²) in [6, 6.07) is 28.8. The van der Waals surface area contributed by atoms with Gasteiger partial charge in [-0.3, -0.25) is 4.90 Å². The summed E-state index contributed by atoms with van der Waals surface area (Å²) in [5.41, 5.74) is 10.0. The molecule has 0 saturated heterocycles. The number of methoxy groups -OCH3 is 2. The molecule has 2 N–H and O–H groups in total. The number of anilines is 1. The molecule has 1 heterocycles. The second kappa shape index (κ2) is 11.3. The number of hydrogen-bond donors (Lipinski definition) is 1. The first-order chi connectivity index (χ1) is 18.0. The minimum absolute atomic E-state index is 0.0144. The number of nitrogens with two attached hydrogens (primary N) is 1. The Bertz CT molecular complexity index is 1390. The number of benzene rings is 3. The molecule has 0 fully saturated rings. The van der Waals surface area contributed by atoms with Crippen molar-refractivity contribution in [3.05, 3.63) is 124 Å². The number of allylic oxidation sites excluding steroid dienone is 1. The van der Waals surface area contributed by atoms with Crippen molar-refractivity contribution < 1.29 is 19.1 Å². The molecule has 0 saturated carbocycles. The number of rotatable bonds is 7. The van der Waals surface area contributed by atoms with Gasteiger partial charge in [0.1, 0.15) is 11.5 Å². The van der Waals surface area contributed by atoms with Gasteiger partial charge >= 0.3 is 11.9 Å². The Morgan fingerprint density at radius 3 is 1.92 bits per heavy atom. The van der Waals surface area contributed by atoms with E-state index >= 15 is 0 Å². The van der Waals surface area contributed by atoms with Crippen LogP contribution < -0.4 is 10.6 Å². The van der Waals surface area contributed by atoms with Crippen LogP contribution in [0.2, 0.25) is 0 Å². The van der Waals surface area contributed by atoms with Gasteiger partial charge in [-0.25, -0.2) is 9.59 Å². The van der Waals surface area contributed by atoms with E-state index in [-0.39, 0.29) is 22.7 Å². The first kappa shape index (κ1) is 25.3. The van der Waals surface area contributed by atoms with Gasteiger partial charge in [-0.15, -0.1) is 0 Å². The molecule has 0 bridgehead atoms. The Balaban J connectivity index is 1.81. The third-order valence-corrected chi connectivity index (χ3v) is 6.35. The largest absolute Gasteiger partial charge is 0.466 e. The molecule has 7 heteroatoms. The third-order valence-electron chi connectivity index (χ3n) is 6.35. The number of hydrogen-bond acceptors (Lipinski definition) is 7. The lowest BCUT2D eigenvalue weighted by Crippen LogP contribution is -2.40. The van der Waals surface area contributed by atoms with Crippen molar-refractivity contribution in [1.82, 2.24) is 0 Å². The molecule has 7 nitrogen and oxygen atoms in total. The minimum atomic E-state index is -0.894. The molecular formula is C30H27N3O4. The normalized spacial score (nSPS) is 15.3. The lowest BCUT2D eigenvalue weighted by Gasteiger charge is -2.36. The molecule has 1 aliphatic rings. The summed E-state index contributed by atoms with van der Waals surface area (Å²) in [6.07, 6.45) is 1.70. The molecule has 1 atom stereocenters. The zero-order valence-electron chi connectivity index (χ0n) is 20.7. The van der Waals surface area contributed by atoms with Crippen molar-refractivity contribution in [2.45, 2.75) is 18.8 Å². The molecule has 3 aromatic carbocycles. The summed E-state index contributed by atoms with van der Waals surface area (Å²) < 4.78 is 10.1. The highest BCUT2D eigenvalue weighted by atomic mass is 16.5. The fourth-order valence-corrected chi connectivity index (χ4v) is 4.53. The van der Waals surface area contributed by atoms with Gasteiger partial charge in [0.05, 0.1) is 37.4 Å². The van der Waals surface area contributed by atoms with Gasteiger partial charge in [-0.05, 0) is 41.7 Å². The molecule has 0 radical (unpaired) electrons. The maximum Gasteiger partial charge on any atom is 0.355 e. The number of nitrogens with zero attached hydrogens (tertiary/aromatic N) is 2. The Morgan fingerprint density at radius 2 is 1.38 bits per heavy atom. The number of esters is 2. The first-order valence-corrected chi connectivity index (χ1v) is 11.8. The Labute approximate surface area is 216 Å². The van der Waals surface area contributed by atoms with Gasteiger partial charge in [0, 0.05) is 5.69 Å². The highest BCUT2D eigenvalue weighted by molar-refractivity contribution is 6.06. The van der Waals surface area contributed by atoms with Crippen LogP contribution in [0, 0.1) is 11.3 Å². The molecule has 4 rings (SSSR count). The van der Waals surface area contributed by atoms with Crippen LogP contribution in [0.25, 0.3) is 0 Å². The molecule has 0 amide bonds. The number of carbonyl (C=O) groups excluding carboxylic acids is 2. The predicted octanol–water partition coefficient (Wildman–Crippen LogP) is 4.37. The van der Waals surface area contributed by atoms with Crippen molar-refractivity contribution in [1.29, 1.82) is 5.26 Å². The van der Waals surface area contributed by atoms with Crippen molar-refractivity contribution >= 4 is 17.6 Å². The van der Waals surface area contributed by atoms with Gasteiger partial charge in [0.15, 0.2) is 0 Å². The van der Waals surface area contributed by atoms with E-state index in [0.29, 0.717) is 11.3 Å². The summed E-state index contributed by atoms with van der Waals surface area (Å²) >= 11 is 0. The van der Waals surface area contributed by atoms with E-state index < -0.39 is 17.9 Å². The molecule has 186 valence electrons. The SMILES string of the molecule is COC(=O)C1=C(C(=O)OC)N(c2ccc(CCc3ccccc3)cc2)C(N)=C(C#N)C1c1ccccc1. The molecule has 0 aliphatic carbocycles.